The van der Waals surface area contributed by atoms with Gasteiger partial charge in [-0.2, -0.15) is 0 Å². The van der Waals surface area contributed by atoms with Crippen LogP contribution in [0.5, 0.6) is 0 Å². The van der Waals surface area contributed by atoms with Crippen LogP contribution in [-0.4, -0.2) is 183 Å². The number of aliphatic hydroxyl groups excluding tert-OH is 2. The molecule has 0 saturated heterocycles. The topological polar surface area (TPSA) is 233 Å². The molecule has 0 saturated carbocycles. The van der Waals surface area contributed by atoms with Crippen LogP contribution < -0.4 is 10.6 Å². The predicted octanol–water partition coefficient (Wildman–Crippen LogP) is 9.34. The van der Waals surface area contributed by atoms with Crippen molar-refractivity contribution < 1.29 is 76.8 Å². The number of unbranched alkanes of at least 4 members (excludes halogenated alkanes) is 9. The van der Waals surface area contributed by atoms with Gasteiger partial charge in [0.05, 0.1) is 38.1 Å². The molecular formula is C62H116N2O16. The SMILES string of the molecule is C=C(CCCNC(=O)C(NC(=O)CO)C(C)O)CC(COCCCOCCCCC(=O)CCCCCOC)(COCCCOCCCCC(=O)CCCCCOC(C)C)COCCCOCCCCC(=O)CCCCCOC(C)C. The van der Waals surface area contributed by atoms with E-state index in [0.717, 1.165) is 122 Å². The molecule has 2 unspecified atom stereocenters. The summed E-state index contributed by atoms with van der Waals surface area (Å²) in [6.07, 6.45) is 20.2. The number of nitrogens with one attached hydrogen (secondary N) is 2. The van der Waals surface area contributed by atoms with E-state index in [0.29, 0.717) is 174 Å². The highest BCUT2D eigenvalue weighted by molar-refractivity contribution is 5.88. The first-order valence-corrected chi connectivity index (χ1v) is 30.9. The number of aliphatic hydroxyl groups is 2. The minimum absolute atomic E-state index is 0.235. The van der Waals surface area contributed by atoms with Crippen molar-refractivity contribution >= 4 is 29.2 Å². The van der Waals surface area contributed by atoms with Crippen LogP contribution in [0.4, 0.5) is 0 Å². The van der Waals surface area contributed by atoms with Gasteiger partial charge >= 0.3 is 0 Å². The van der Waals surface area contributed by atoms with E-state index in [1.165, 1.54) is 6.92 Å². The molecule has 0 aromatic rings. The molecule has 18 heteroatoms. The minimum Gasteiger partial charge on any atom is -0.391 e. The van der Waals surface area contributed by atoms with Crippen LogP contribution in [0.3, 0.4) is 0 Å². The number of Topliss-reactive ketones (excluding diaryl/α,β-unsaturated/α-hetero) is 3. The normalized spacial score (nSPS) is 12.6. The van der Waals surface area contributed by atoms with E-state index in [1.807, 2.05) is 27.7 Å². The molecule has 0 radical (unpaired) electrons. The maximum Gasteiger partial charge on any atom is 0.246 e. The quantitative estimate of drug-likeness (QED) is 0.0328. The molecule has 470 valence electrons. The summed E-state index contributed by atoms with van der Waals surface area (Å²) in [7, 11) is 1.69. The van der Waals surface area contributed by atoms with Crippen LogP contribution >= 0.6 is 0 Å². The molecule has 0 fully saturated rings. The van der Waals surface area contributed by atoms with Gasteiger partial charge in [-0.25, -0.2) is 0 Å². The second-order valence-corrected chi connectivity index (χ2v) is 22.1. The third-order valence-corrected chi connectivity index (χ3v) is 13.2. The number of amides is 2. The molecule has 0 heterocycles. The Balaban J connectivity index is 5.45. The Morgan fingerprint density at radius 2 is 0.800 bits per heavy atom. The highest BCUT2D eigenvalue weighted by atomic mass is 16.5. The van der Waals surface area contributed by atoms with Crippen molar-refractivity contribution in [1.82, 2.24) is 10.6 Å². The molecule has 0 aliphatic rings. The van der Waals surface area contributed by atoms with E-state index in [1.54, 1.807) is 7.11 Å². The average Bonchev–Trinajstić information content (AvgIpc) is 3.42. The van der Waals surface area contributed by atoms with Crippen LogP contribution in [0, 0.1) is 5.41 Å². The van der Waals surface area contributed by atoms with E-state index < -0.39 is 36.0 Å². The van der Waals surface area contributed by atoms with Gasteiger partial charge in [0.25, 0.3) is 0 Å². The summed E-state index contributed by atoms with van der Waals surface area (Å²) in [5, 5.41) is 24.4. The zero-order valence-corrected chi connectivity index (χ0v) is 51.2. The summed E-state index contributed by atoms with van der Waals surface area (Å²) in [6, 6.07) is -1.20. The molecule has 80 heavy (non-hydrogen) atoms. The lowest BCUT2D eigenvalue weighted by Gasteiger charge is -2.34. The van der Waals surface area contributed by atoms with Gasteiger partial charge in [-0.05, 0) is 150 Å². The molecule has 0 aliphatic carbocycles. The lowest BCUT2D eigenvalue weighted by Crippen LogP contribution is -2.53. The summed E-state index contributed by atoms with van der Waals surface area (Å²) in [4.78, 5) is 61.6. The van der Waals surface area contributed by atoms with Gasteiger partial charge in [-0.1, -0.05) is 31.4 Å². The van der Waals surface area contributed by atoms with Crippen molar-refractivity contribution in [2.75, 3.05) is 119 Å². The molecule has 0 rings (SSSR count). The van der Waals surface area contributed by atoms with Crippen LogP contribution in [-0.2, 0) is 66.6 Å². The number of ether oxygens (including phenoxy) is 9. The number of carbonyl (C=O) groups is 5. The molecular weight excluding hydrogens is 1030 g/mol. The second kappa shape index (κ2) is 55.4. The van der Waals surface area contributed by atoms with Crippen LogP contribution in [0.25, 0.3) is 0 Å². The zero-order chi connectivity index (χ0) is 59.2. The van der Waals surface area contributed by atoms with Gasteiger partial charge < -0.3 is 63.5 Å². The fourth-order valence-corrected chi connectivity index (χ4v) is 8.68. The lowest BCUT2D eigenvalue weighted by molar-refractivity contribution is -0.132. The molecule has 0 spiro atoms. The smallest absolute Gasteiger partial charge is 0.246 e. The van der Waals surface area contributed by atoms with Gasteiger partial charge in [0.15, 0.2) is 0 Å². The summed E-state index contributed by atoms with van der Waals surface area (Å²) in [6.45, 7) is 21.3. The largest absolute Gasteiger partial charge is 0.391 e. The van der Waals surface area contributed by atoms with Crippen molar-refractivity contribution in [3.05, 3.63) is 12.2 Å². The first-order chi connectivity index (χ1) is 38.6. The number of allylic oxidation sites excluding steroid dienone is 1. The zero-order valence-electron chi connectivity index (χ0n) is 51.2. The van der Waals surface area contributed by atoms with Gasteiger partial charge in [0.1, 0.15) is 30.0 Å². The lowest BCUT2D eigenvalue weighted by atomic mass is 9.82. The average molecular weight is 1150 g/mol. The van der Waals surface area contributed by atoms with Crippen molar-refractivity contribution in [1.29, 1.82) is 0 Å². The number of hydrogen-bond donors (Lipinski definition) is 4. The summed E-state index contributed by atoms with van der Waals surface area (Å²) < 4.78 is 53.2. The molecule has 0 aromatic heterocycles. The summed E-state index contributed by atoms with van der Waals surface area (Å²) in [5.41, 5.74) is 0.313. The molecule has 2 amide bonds. The Hall–Kier alpha value is -2.75. The van der Waals surface area contributed by atoms with Gasteiger partial charge in [0, 0.05) is 137 Å². The van der Waals surface area contributed by atoms with E-state index >= 15 is 0 Å². The number of hydrogen-bond acceptors (Lipinski definition) is 16. The number of carbonyl (C=O) groups excluding carboxylic acids is 5. The number of methoxy groups -OCH3 is 1. The summed E-state index contributed by atoms with van der Waals surface area (Å²) >= 11 is 0. The standard InChI is InChI=1S/C62H116N2O16/c1-52(2)79-45-18-9-12-29-57(68)32-15-21-37-74-40-25-43-77-50-62(47-54(5)27-23-34-63-61(71)60(55(6)66)64-59(70)48-65,49-76-42-24-39-73-36-20-14-31-56(67)28-11-8-17-35-72-7)51-78-44-26-41-75-38-22-16-33-58(69)30-13-10-19-46-80-53(3)4/h52-53,55,60,65-66H,5,8-51H2,1-4,6-7H3,(H,63,71)(H,64,70). The van der Waals surface area contributed by atoms with Crippen LogP contribution in [0.1, 0.15) is 208 Å². The monoisotopic (exact) mass is 1140 g/mol. The van der Waals surface area contributed by atoms with Crippen LogP contribution in [0.2, 0.25) is 0 Å². The molecule has 18 nitrogen and oxygen atoms in total. The molecule has 0 aromatic carbocycles. The highest BCUT2D eigenvalue weighted by Crippen LogP contribution is 2.30. The van der Waals surface area contributed by atoms with Gasteiger partial charge in [-0.15, -0.1) is 0 Å². The van der Waals surface area contributed by atoms with Gasteiger partial charge in [0.2, 0.25) is 11.8 Å². The molecule has 0 aliphatic heterocycles. The first-order valence-electron chi connectivity index (χ1n) is 30.9. The Morgan fingerprint density at radius 1 is 0.450 bits per heavy atom. The Morgan fingerprint density at radius 3 is 1.16 bits per heavy atom. The van der Waals surface area contributed by atoms with Crippen molar-refractivity contribution in [3.8, 4) is 0 Å². The van der Waals surface area contributed by atoms with E-state index in [4.69, 9.17) is 47.7 Å². The van der Waals surface area contributed by atoms with E-state index in [-0.39, 0.29) is 18.8 Å². The Bertz CT molecular complexity index is 1460. The fourth-order valence-electron chi connectivity index (χ4n) is 8.68. The maximum absolute atomic E-state index is 12.8. The van der Waals surface area contributed by atoms with Crippen molar-refractivity contribution in [3.63, 3.8) is 0 Å². The Kier molecular flexibility index (Phi) is 53.5. The second-order valence-electron chi connectivity index (χ2n) is 22.1. The first kappa shape index (κ1) is 77.2. The summed E-state index contributed by atoms with van der Waals surface area (Å²) in [5.74, 6) is -0.391. The predicted molar refractivity (Wildman–Crippen MR) is 314 cm³/mol. The maximum atomic E-state index is 12.8. The Labute approximate surface area is 484 Å². The van der Waals surface area contributed by atoms with Crippen molar-refractivity contribution in [2.24, 2.45) is 5.41 Å². The molecule has 2 atom stereocenters. The van der Waals surface area contributed by atoms with Crippen molar-refractivity contribution in [2.45, 2.75) is 232 Å². The van der Waals surface area contributed by atoms with Crippen LogP contribution in [0.15, 0.2) is 12.2 Å². The third-order valence-electron chi connectivity index (χ3n) is 13.2. The van der Waals surface area contributed by atoms with E-state index in [2.05, 4.69) is 17.2 Å². The minimum atomic E-state index is -1.20. The third kappa shape index (κ3) is 50.9. The van der Waals surface area contributed by atoms with Gasteiger partial charge in [-0.3, -0.25) is 24.0 Å². The van der Waals surface area contributed by atoms with E-state index in [9.17, 15) is 29.1 Å². The number of rotatable bonds is 63. The fraction of sp³-hybridized carbons (Fsp3) is 0.887. The molecule has 0 bridgehead atoms. The highest BCUT2D eigenvalue weighted by Gasteiger charge is 2.33. The number of ketones is 3. The molecule has 4 N–H and O–H groups in total.